The van der Waals surface area contributed by atoms with Crippen LogP contribution >= 0.6 is 0 Å². The molecule has 0 aliphatic carbocycles. The Morgan fingerprint density at radius 2 is 2.28 bits per heavy atom. The number of aromatic nitrogens is 1. The summed E-state index contributed by atoms with van der Waals surface area (Å²) in [6.07, 6.45) is 4.54. The summed E-state index contributed by atoms with van der Waals surface area (Å²) in [4.78, 5) is 30.8. The third kappa shape index (κ3) is 3.81. The first kappa shape index (κ1) is 17.0. The fraction of sp³-hybridized carbons (Fsp3) is 0.389. The van der Waals surface area contributed by atoms with Crippen LogP contribution in [-0.2, 0) is 11.3 Å². The summed E-state index contributed by atoms with van der Waals surface area (Å²) in [6, 6.07) is 6.45. The van der Waals surface area contributed by atoms with Crippen LogP contribution in [0.1, 0.15) is 35.9 Å². The van der Waals surface area contributed by atoms with E-state index in [0.29, 0.717) is 32.0 Å². The van der Waals surface area contributed by atoms with Crippen LogP contribution in [0.4, 0.5) is 0 Å². The lowest BCUT2D eigenvalue weighted by molar-refractivity contribution is -0.125. The standard InChI is InChI=1S/C18H21N3O4/c1-2-24-17-13(6-3-9-19-17)12-20-16(22)14-7-4-10-21(14)18(23)15-8-5-11-25-15/h3,5-6,8-9,11,14H,2,4,7,10,12H2,1H3,(H,20,22). The lowest BCUT2D eigenvalue weighted by atomic mass is 10.2. The summed E-state index contributed by atoms with van der Waals surface area (Å²) in [7, 11) is 0. The maximum absolute atomic E-state index is 12.6. The van der Waals surface area contributed by atoms with Crippen molar-refractivity contribution >= 4 is 11.8 Å². The number of furan rings is 1. The molecule has 2 aromatic rings. The van der Waals surface area contributed by atoms with Crippen molar-refractivity contribution in [2.75, 3.05) is 13.2 Å². The third-order valence-corrected chi connectivity index (χ3v) is 4.13. The van der Waals surface area contributed by atoms with Gasteiger partial charge in [-0.15, -0.1) is 0 Å². The fourth-order valence-electron chi connectivity index (χ4n) is 2.95. The number of hydrogen-bond donors (Lipinski definition) is 1. The number of carbonyl (C=O) groups is 2. The van der Waals surface area contributed by atoms with Crippen molar-refractivity contribution in [1.29, 1.82) is 0 Å². The highest BCUT2D eigenvalue weighted by atomic mass is 16.5. The molecule has 7 nitrogen and oxygen atoms in total. The van der Waals surface area contributed by atoms with E-state index in [0.717, 1.165) is 12.0 Å². The Kier molecular flexibility index (Phi) is 5.33. The molecule has 1 fully saturated rings. The molecule has 3 heterocycles. The van der Waals surface area contributed by atoms with E-state index >= 15 is 0 Å². The summed E-state index contributed by atoms with van der Waals surface area (Å²) < 4.78 is 10.6. The minimum atomic E-state index is -0.482. The Morgan fingerprint density at radius 3 is 3.04 bits per heavy atom. The number of carbonyl (C=O) groups excluding carboxylic acids is 2. The SMILES string of the molecule is CCOc1ncccc1CNC(=O)C1CCCN1C(=O)c1ccco1. The topological polar surface area (TPSA) is 84.7 Å². The van der Waals surface area contributed by atoms with Gasteiger partial charge in [0, 0.05) is 24.8 Å². The molecule has 3 rings (SSSR count). The maximum Gasteiger partial charge on any atom is 0.290 e. The van der Waals surface area contributed by atoms with Crippen LogP contribution in [0.3, 0.4) is 0 Å². The molecule has 0 radical (unpaired) electrons. The second-order valence-corrected chi connectivity index (χ2v) is 5.75. The minimum Gasteiger partial charge on any atom is -0.478 e. The third-order valence-electron chi connectivity index (χ3n) is 4.13. The van der Waals surface area contributed by atoms with Gasteiger partial charge in [-0.3, -0.25) is 9.59 Å². The van der Waals surface area contributed by atoms with E-state index in [1.807, 2.05) is 13.0 Å². The van der Waals surface area contributed by atoms with Gasteiger partial charge in [0.1, 0.15) is 6.04 Å². The van der Waals surface area contributed by atoms with Gasteiger partial charge in [0.2, 0.25) is 11.8 Å². The normalized spacial score (nSPS) is 16.7. The quantitative estimate of drug-likeness (QED) is 0.867. The van der Waals surface area contributed by atoms with E-state index in [1.165, 1.54) is 6.26 Å². The molecule has 1 atom stereocenters. The van der Waals surface area contributed by atoms with E-state index < -0.39 is 6.04 Å². The molecule has 1 N–H and O–H groups in total. The smallest absolute Gasteiger partial charge is 0.290 e. The van der Waals surface area contributed by atoms with Crippen molar-refractivity contribution in [3.63, 3.8) is 0 Å². The first-order valence-corrected chi connectivity index (χ1v) is 8.39. The van der Waals surface area contributed by atoms with Crippen LogP contribution in [0.15, 0.2) is 41.1 Å². The summed E-state index contributed by atoms with van der Waals surface area (Å²) in [5.74, 6) is 0.341. The number of rotatable bonds is 6. The van der Waals surface area contributed by atoms with Crippen molar-refractivity contribution in [3.8, 4) is 5.88 Å². The molecular weight excluding hydrogens is 322 g/mol. The summed E-state index contributed by atoms with van der Waals surface area (Å²) in [6.45, 7) is 3.25. The van der Waals surface area contributed by atoms with Crippen LogP contribution < -0.4 is 10.1 Å². The molecule has 1 aliphatic rings. The number of likely N-dealkylation sites (tertiary alicyclic amines) is 1. The second kappa shape index (κ2) is 7.83. The molecule has 1 saturated heterocycles. The molecule has 2 aromatic heterocycles. The van der Waals surface area contributed by atoms with Crippen molar-refractivity contribution in [2.24, 2.45) is 0 Å². The van der Waals surface area contributed by atoms with E-state index in [9.17, 15) is 9.59 Å². The maximum atomic E-state index is 12.6. The van der Waals surface area contributed by atoms with Gasteiger partial charge >= 0.3 is 0 Å². The highest BCUT2D eigenvalue weighted by Gasteiger charge is 2.35. The summed E-state index contributed by atoms with van der Waals surface area (Å²) in [5, 5.41) is 2.89. The predicted molar refractivity (Wildman–Crippen MR) is 90.0 cm³/mol. The predicted octanol–water partition coefficient (Wildman–Crippen LogP) is 1.99. The number of ether oxygens (including phenoxy) is 1. The Balaban J connectivity index is 1.64. The van der Waals surface area contributed by atoms with Gasteiger partial charge in [0.25, 0.3) is 5.91 Å². The number of nitrogens with zero attached hydrogens (tertiary/aromatic N) is 2. The zero-order valence-corrected chi connectivity index (χ0v) is 14.1. The molecule has 132 valence electrons. The van der Waals surface area contributed by atoms with Gasteiger partial charge in [-0.2, -0.15) is 0 Å². The van der Waals surface area contributed by atoms with Crippen molar-refractivity contribution < 1.29 is 18.7 Å². The number of pyridine rings is 1. The van der Waals surface area contributed by atoms with Crippen LogP contribution in [0.25, 0.3) is 0 Å². The lowest BCUT2D eigenvalue weighted by Crippen LogP contribution is -2.45. The minimum absolute atomic E-state index is 0.177. The Labute approximate surface area is 146 Å². The van der Waals surface area contributed by atoms with Gasteiger partial charge in [-0.05, 0) is 38.0 Å². The lowest BCUT2D eigenvalue weighted by Gasteiger charge is -2.23. The van der Waals surface area contributed by atoms with Gasteiger partial charge in [-0.25, -0.2) is 4.98 Å². The van der Waals surface area contributed by atoms with Gasteiger partial charge < -0.3 is 19.4 Å². The van der Waals surface area contributed by atoms with E-state index in [4.69, 9.17) is 9.15 Å². The highest BCUT2D eigenvalue weighted by Crippen LogP contribution is 2.21. The van der Waals surface area contributed by atoms with E-state index in [2.05, 4.69) is 10.3 Å². The van der Waals surface area contributed by atoms with Gasteiger partial charge in [0.05, 0.1) is 12.9 Å². The van der Waals surface area contributed by atoms with Gasteiger partial charge in [0.15, 0.2) is 5.76 Å². The Hall–Kier alpha value is -2.83. The first-order chi connectivity index (χ1) is 12.2. The average molecular weight is 343 g/mol. The number of hydrogen-bond acceptors (Lipinski definition) is 5. The zero-order chi connectivity index (χ0) is 17.6. The van der Waals surface area contributed by atoms with Crippen molar-refractivity contribution in [2.45, 2.75) is 32.4 Å². The fourth-order valence-corrected chi connectivity index (χ4v) is 2.95. The Morgan fingerprint density at radius 1 is 1.40 bits per heavy atom. The van der Waals surface area contributed by atoms with Crippen molar-refractivity contribution in [1.82, 2.24) is 15.2 Å². The largest absolute Gasteiger partial charge is 0.478 e. The Bertz CT molecular complexity index is 730. The molecular formula is C18H21N3O4. The van der Waals surface area contributed by atoms with Crippen LogP contribution in [0, 0.1) is 0 Å². The van der Waals surface area contributed by atoms with E-state index in [-0.39, 0.29) is 17.6 Å². The molecule has 25 heavy (non-hydrogen) atoms. The highest BCUT2D eigenvalue weighted by molar-refractivity contribution is 5.95. The average Bonchev–Trinajstić information content (AvgIpc) is 3.32. The second-order valence-electron chi connectivity index (χ2n) is 5.75. The summed E-state index contributed by atoms with van der Waals surface area (Å²) in [5.41, 5.74) is 0.805. The monoisotopic (exact) mass is 343 g/mol. The molecule has 0 spiro atoms. The molecule has 0 bridgehead atoms. The molecule has 7 heteroatoms. The van der Waals surface area contributed by atoms with Crippen LogP contribution in [-0.4, -0.2) is 40.9 Å². The summed E-state index contributed by atoms with van der Waals surface area (Å²) >= 11 is 0. The number of amides is 2. The molecule has 0 aromatic carbocycles. The first-order valence-electron chi connectivity index (χ1n) is 8.39. The molecule has 0 saturated carbocycles. The van der Waals surface area contributed by atoms with Crippen LogP contribution in [0.2, 0.25) is 0 Å². The van der Waals surface area contributed by atoms with E-state index in [1.54, 1.807) is 29.3 Å². The van der Waals surface area contributed by atoms with Gasteiger partial charge in [-0.1, -0.05) is 6.07 Å². The molecule has 1 unspecified atom stereocenters. The zero-order valence-electron chi connectivity index (χ0n) is 14.1. The molecule has 2 amide bonds. The number of nitrogens with one attached hydrogen (secondary N) is 1. The van der Waals surface area contributed by atoms with Crippen LogP contribution in [0.5, 0.6) is 5.88 Å². The van der Waals surface area contributed by atoms with Crippen molar-refractivity contribution in [3.05, 3.63) is 48.0 Å². The molecule has 1 aliphatic heterocycles.